The van der Waals surface area contributed by atoms with E-state index in [0.717, 1.165) is 5.56 Å². The minimum Gasteiger partial charge on any atom is -0.465 e. The Morgan fingerprint density at radius 1 is 1.47 bits per heavy atom. The Labute approximate surface area is 101 Å². The molecule has 0 aromatic heterocycles. The molecule has 0 aliphatic carbocycles. The predicted molar refractivity (Wildman–Crippen MR) is 63.0 cm³/mol. The molecule has 0 bridgehead atoms. The van der Waals surface area contributed by atoms with Crippen molar-refractivity contribution >= 4 is 5.97 Å². The highest BCUT2D eigenvalue weighted by atomic mass is 16.5. The molecule has 0 saturated carbocycles. The molecule has 1 aromatic rings. The lowest BCUT2D eigenvalue weighted by Crippen LogP contribution is -2.59. The van der Waals surface area contributed by atoms with Crippen LogP contribution < -0.4 is 0 Å². The molecule has 2 atom stereocenters. The molecule has 1 fully saturated rings. The van der Waals surface area contributed by atoms with E-state index in [1.807, 2.05) is 30.3 Å². The van der Waals surface area contributed by atoms with E-state index < -0.39 is 6.23 Å². The Morgan fingerprint density at radius 2 is 2.18 bits per heavy atom. The smallest absolute Gasteiger partial charge is 0.323 e. The van der Waals surface area contributed by atoms with Crippen LogP contribution in [0.1, 0.15) is 18.9 Å². The number of esters is 1. The van der Waals surface area contributed by atoms with Crippen LogP contribution in [0, 0.1) is 0 Å². The van der Waals surface area contributed by atoms with Crippen molar-refractivity contribution in [2.45, 2.75) is 32.2 Å². The second-order valence-electron chi connectivity index (χ2n) is 4.14. The first kappa shape index (κ1) is 12.1. The molecule has 4 nitrogen and oxygen atoms in total. The summed E-state index contributed by atoms with van der Waals surface area (Å²) in [6.07, 6.45) is -0.0734. The number of hydrogen-bond donors (Lipinski definition) is 1. The van der Waals surface area contributed by atoms with Crippen molar-refractivity contribution in [3.8, 4) is 0 Å². The fraction of sp³-hybridized carbons (Fsp3) is 0.462. The van der Waals surface area contributed by atoms with E-state index in [1.165, 1.54) is 0 Å². The van der Waals surface area contributed by atoms with Crippen LogP contribution in [0.3, 0.4) is 0 Å². The van der Waals surface area contributed by atoms with E-state index in [9.17, 15) is 9.90 Å². The minimum atomic E-state index is -0.537. The number of aliphatic hydroxyl groups excluding tert-OH is 1. The molecular formula is C13H17NO3. The Bertz CT molecular complexity index is 380. The number of carbonyl (C=O) groups is 1. The largest absolute Gasteiger partial charge is 0.465 e. The van der Waals surface area contributed by atoms with Crippen molar-refractivity contribution in [3.63, 3.8) is 0 Å². The van der Waals surface area contributed by atoms with Crippen LogP contribution in [-0.2, 0) is 16.1 Å². The molecule has 1 aliphatic rings. The van der Waals surface area contributed by atoms with Crippen LogP contribution in [0.15, 0.2) is 30.3 Å². The van der Waals surface area contributed by atoms with E-state index in [2.05, 4.69) is 0 Å². The summed E-state index contributed by atoms with van der Waals surface area (Å²) in [6.45, 7) is 2.74. The maximum absolute atomic E-state index is 11.6. The molecule has 4 heteroatoms. The highest BCUT2D eigenvalue weighted by molar-refractivity contribution is 5.77. The molecule has 1 aliphatic heterocycles. The van der Waals surface area contributed by atoms with E-state index in [4.69, 9.17) is 4.74 Å². The molecule has 17 heavy (non-hydrogen) atoms. The summed E-state index contributed by atoms with van der Waals surface area (Å²) < 4.78 is 4.97. The third-order valence-electron chi connectivity index (χ3n) is 2.98. The van der Waals surface area contributed by atoms with Gasteiger partial charge >= 0.3 is 5.97 Å². The van der Waals surface area contributed by atoms with Gasteiger partial charge in [-0.25, -0.2) is 0 Å². The van der Waals surface area contributed by atoms with Crippen LogP contribution in [0.5, 0.6) is 0 Å². The second-order valence-corrected chi connectivity index (χ2v) is 4.14. The van der Waals surface area contributed by atoms with Gasteiger partial charge in [0.2, 0.25) is 0 Å². The molecule has 1 heterocycles. The highest BCUT2D eigenvalue weighted by Gasteiger charge is 2.42. The summed E-state index contributed by atoms with van der Waals surface area (Å²) in [5.41, 5.74) is 1.08. The zero-order chi connectivity index (χ0) is 12.3. The fourth-order valence-corrected chi connectivity index (χ4v) is 2.02. The van der Waals surface area contributed by atoms with Gasteiger partial charge in [0.1, 0.15) is 12.3 Å². The second kappa shape index (κ2) is 5.29. The molecule has 2 rings (SSSR count). The van der Waals surface area contributed by atoms with Gasteiger partial charge in [-0.3, -0.25) is 9.69 Å². The first-order valence-electron chi connectivity index (χ1n) is 5.86. The topological polar surface area (TPSA) is 49.8 Å². The van der Waals surface area contributed by atoms with E-state index >= 15 is 0 Å². The summed E-state index contributed by atoms with van der Waals surface area (Å²) in [5, 5.41) is 9.67. The molecular weight excluding hydrogens is 218 g/mol. The number of likely N-dealkylation sites (tertiary alicyclic amines) is 1. The Kier molecular flexibility index (Phi) is 3.76. The Balaban J connectivity index is 1.97. The number of ether oxygens (including phenoxy) is 1. The van der Waals surface area contributed by atoms with Gasteiger partial charge in [0.15, 0.2) is 0 Å². The van der Waals surface area contributed by atoms with Gasteiger partial charge in [-0.15, -0.1) is 0 Å². The lowest BCUT2D eigenvalue weighted by Gasteiger charge is -2.43. The van der Waals surface area contributed by atoms with Crippen LogP contribution >= 0.6 is 0 Å². The van der Waals surface area contributed by atoms with Crippen molar-refractivity contribution in [2.24, 2.45) is 0 Å². The van der Waals surface area contributed by atoms with E-state index in [1.54, 1.807) is 11.8 Å². The summed E-state index contributed by atoms with van der Waals surface area (Å²) in [6, 6.07) is 9.49. The lowest BCUT2D eigenvalue weighted by molar-refractivity contribution is -0.178. The average molecular weight is 235 g/mol. The van der Waals surface area contributed by atoms with Gasteiger partial charge in [-0.05, 0) is 12.5 Å². The Morgan fingerprint density at radius 3 is 2.76 bits per heavy atom. The number of hydrogen-bond acceptors (Lipinski definition) is 4. The molecule has 0 radical (unpaired) electrons. The van der Waals surface area contributed by atoms with Crippen molar-refractivity contribution < 1.29 is 14.6 Å². The Hall–Kier alpha value is -1.39. The van der Waals surface area contributed by atoms with Crippen molar-refractivity contribution in [3.05, 3.63) is 35.9 Å². The average Bonchev–Trinajstić information content (AvgIpc) is 2.34. The van der Waals surface area contributed by atoms with Crippen molar-refractivity contribution in [1.29, 1.82) is 0 Å². The van der Waals surface area contributed by atoms with E-state index in [0.29, 0.717) is 19.6 Å². The van der Waals surface area contributed by atoms with Crippen LogP contribution in [-0.4, -0.2) is 34.9 Å². The quantitative estimate of drug-likeness (QED) is 0.795. The standard InChI is InChI=1S/C13H17NO3/c1-2-17-13(16)11-8-12(15)14(11)9-10-6-4-3-5-7-10/h3-7,11-12,15H,2,8-9H2,1H3. The highest BCUT2D eigenvalue weighted by Crippen LogP contribution is 2.27. The first-order chi connectivity index (χ1) is 8.22. The maximum atomic E-state index is 11.6. The van der Waals surface area contributed by atoms with Crippen molar-refractivity contribution in [1.82, 2.24) is 4.90 Å². The molecule has 0 amide bonds. The van der Waals surface area contributed by atoms with Gasteiger partial charge in [0, 0.05) is 13.0 Å². The van der Waals surface area contributed by atoms with Gasteiger partial charge in [-0.2, -0.15) is 0 Å². The summed E-state index contributed by atoms with van der Waals surface area (Å²) in [7, 11) is 0. The molecule has 2 unspecified atom stereocenters. The number of carbonyl (C=O) groups excluding carboxylic acids is 1. The summed E-state index contributed by atoms with van der Waals surface area (Å²) >= 11 is 0. The number of nitrogens with zero attached hydrogens (tertiary/aromatic N) is 1. The number of aliphatic hydroxyl groups is 1. The third-order valence-corrected chi connectivity index (χ3v) is 2.98. The monoisotopic (exact) mass is 235 g/mol. The molecule has 92 valence electrons. The van der Waals surface area contributed by atoms with Crippen LogP contribution in [0.2, 0.25) is 0 Å². The van der Waals surface area contributed by atoms with Gasteiger partial charge in [-0.1, -0.05) is 30.3 Å². The molecule has 1 aromatic carbocycles. The predicted octanol–water partition coefficient (Wildman–Crippen LogP) is 1.14. The molecule has 1 N–H and O–H groups in total. The normalized spacial score (nSPS) is 24.1. The summed E-state index contributed by atoms with van der Waals surface area (Å²) in [5.74, 6) is -0.242. The number of benzene rings is 1. The zero-order valence-electron chi connectivity index (χ0n) is 9.87. The molecule has 1 saturated heterocycles. The number of rotatable bonds is 4. The van der Waals surface area contributed by atoms with Gasteiger partial charge < -0.3 is 9.84 Å². The van der Waals surface area contributed by atoms with Crippen LogP contribution in [0.4, 0.5) is 0 Å². The minimum absolute atomic E-state index is 0.242. The van der Waals surface area contributed by atoms with Gasteiger partial charge in [0.25, 0.3) is 0 Å². The lowest BCUT2D eigenvalue weighted by atomic mass is 9.99. The fourth-order valence-electron chi connectivity index (χ4n) is 2.02. The van der Waals surface area contributed by atoms with Gasteiger partial charge in [0.05, 0.1) is 6.61 Å². The third kappa shape index (κ3) is 2.65. The molecule has 0 spiro atoms. The van der Waals surface area contributed by atoms with Crippen LogP contribution in [0.25, 0.3) is 0 Å². The summed E-state index contributed by atoms with van der Waals surface area (Å²) in [4.78, 5) is 13.4. The van der Waals surface area contributed by atoms with E-state index in [-0.39, 0.29) is 12.0 Å². The zero-order valence-corrected chi connectivity index (χ0v) is 9.87. The van der Waals surface area contributed by atoms with Crippen molar-refractivity contribution in [2.75, 3.05) is 6.61 Å². The SMILES string of the molecule is CCOC(=O)C1CC(O)N1Cc1ccccc1. The maximum Gasteiger partial charge on any atom is 0.323 e. The first-order valence-corrected chi connectivity index (χ1v) is 5.86.